The Hall–Kier alpha value is -1.28. The Balaban J connectivity index is 1.76. The fraction of sp³-hybridized carbons (Fsp3) is 0.500. The molecule has 0 aliphatic carbocycles. The van der Waals surface area contributed by atoms with Crippen LogP contribution in [0.3, 0.4) is 0 Å². The molecule has 26 heavy (non-hydrogen) atoms. The van der Waals surface area contributed by atoms with Crippen LogP contribution < -0.4 is 5.32 Å². The van der Waals surface area contributed by atoms with Crippen molar-refractivity contribution in [2.24, 2.45) is 0 Å². The highest BCUT2D eigenvalue weighted by Gasteiger charge is 2.42. The van der Waals surface area contributed by atoms with E-state index < -0.39 is 11.6 Å². The summed E-state index contributed by atoms with van der Waals surface area (Å²) in [7, 11) is 1.53. The summed E-state index contributed by atoms with van der Waals surface area (Å²) < 4.78 is 17.3. The number of rotatable bonds is 8. The summed E-state index contributed by atoms with van der Waals surface area (Å²) in [6.45, 7) is 4.96. The summed E-state index contributed by atoms with van der Waals surface area (Å²) in [5.41, 5.74) is 1.17. The molecule has 1 aromatic carbocycles. The molecular formula is C20H27NO4S. The van der Waals surface area contributed by atoms with Crippen LogP contribution in [0.1, 0.15) is 30.7 Å². The number of nitrogens with one attached hydrogen (secondary N) is 1. The van der Waals surface area contributed by atoms with Crippen molar-refractivity contribution < 1.29 is 19.3 Å². The van der Waals surface area contributed by atoms with Gasteiger partial charge in [-0.2, -0.15) is 0 Å². The van der Waals surface area contributed by atoms with E-state index in [2.05, 4.69) is 17.4 Å². The topological polar surface area (TPSA) is 60.0 Å². The van der Waals surface area contributed by atoms with Gasteiger partial charge in [0.2, 0.25) is 5.79 Å². The molecule has 2 aromatic rings. The lowest BCUT2D eigenvalue weighted by molar-refractivity contribution is -0.207. The van der Waals surface area contributed by atoms with E-state index in [1.165, 1.54) is 24.0 Å². The smallest absolute Gasteiger partial charge is 0.203 e. The third kappa shape index (κ3) is 4.71. The van der Waals surface area contributed by atoms with Crippen LogP contribution in [0.2, 0.25) is 0 Å². The lowest BCUT2D eigenvalue weighted by Crippen LogP contribution is -2.47. The molecule has 0 amide bonds. The summed E-state index contributed by atoms with van der Waals surface area (Å²) in [5, 5.41) is 16.6. The van der Waals surface area contributed by atoms with Gasteiger partial charge >= 0.3 is 0 Å². The minimum atomic E-state index is -1.36. The predicted octanol–water partition coefficient (Wildman–Crippen LogP) is 3.24. The second-order valence-corrected chi connectivity index (χ2v) is 7.96. The molecule has 0 saturated carbocycles. The third-order valence-electron chi connectivity index (χ3n) is 4.63. The van der Waals surface area contributed by atoms with Gasteiger partial charge < -0.3 is 24.6 Å². The maximum absolute atomic E-state index is 11.1. The summed E-state index contributed by atoms with van der Waals surface area (Å²) in [5.74, 6) is -1.98. The molecule has 0 radical (unpaired) electrons. The van der Waals surface area contributed by atoms with Crippen LogP contribution in [0.4, 0.5) is 0 Å². The van der Waals surface area contributed by atoms with Gasteiger partial charge in [0.1, 0.15) is 0 Å². The Labute approximate surface area is 158 Å². The lowest BCUT2D eigenvalue weighted by atomic mass is 9.99. The first kappa shape index (κ1) is 19.5. The van der Waals surface area contributed by atoms with E-state index in [9.17, 15) is 5.11 Å². The van der Waals surface area contributed by atoms with E-state index >= 15 is 0 Å². The molecule has 0 spiro atoms. The van der Waals surface area contributed by atoms with Gasteiger partial charge in [-0.25, -0.2) is 0 Å². The Morgan fingerprint density at radius 2 is 2.08 bits per heavy atom. The van der Waals surface area contributed by atoms with E-state index in [4.69, 9.17) is 14.2 Å². The number of aliphatic hydroxyl groups is 1. The van der Waals surface area contributed by atoms with Gasteiger partial charge in [-0.15, -0.1) is 11.3 Å². The molecular weight excluding hydrogens is 350 g/mol. The number of hydrogen-bond acceptors (Lipinski definition) is 6. The molecule has 1 fully saturated rings. The maximum Gasteiger partial charge on any atom is 0.203 e. The van der Waals surface area contributed by atoms with Crippen molar-refractivity contribution in [3.63, 3.8) is 0 Å². The Kier molecular flexibility index (Phi) is 6.12. The zero-order valence-corrected chi connectivity index (χ0v) is 16.3. The Morgan fingerprint density at radius 1 is 1.31 bits per heavy atom. The molecule has 0 bridgehead atoms. The maximum atomic E-state index is 11.1. The predicted molar refractivity (Wildman–Crippen MR) is 102 cm³/mol. The van der Waals surface area contributed by atoms with E-state index in [1.54, 1.807) is 0 Å². The van der Waals surface area contributed by atoms with E-state index in [0.717, 1.165) is 4.88 Å². The van der Waals surface area contributed by atoms with Crippen molar-refractivity contribution in [1.29, 1.82) is 0 Å². The normalized spacial score (nSPS) is 22.8. The van der Waals surface area contributed by atoms with Gasteiger partial charge in [-0.3, -0.25) is 0 Å². The monoisotopic (exact) mass is 377 g/mol. The first-order chi connectivity index (χ1) is 12.4. The van der Waals surface area contributed by atoms with Crippen molar-refractivity contribution in [2.75, 3.05) is 13.7 Å². The van der Waals surface area contributed by atoms with Crippen LogP contribution in [0.15, 0.2) is 47.8 Å². The molecule has 1 aliphatic heterocycles. The number of methoxy groups -OCH3 is 1. The Morgan fingerprint density at radius 3 is 2.65 bits per heavy atom. The fourth-order valence-corrected chi connectivity index (χ4v) is 3.99. The zero-order valence-electron chi connectivity index (χ0n) is 15.5. The van der Waals surface area contributed by atoms with Gasteiger partial charge in [0.25, 0.3) is 0 Å². The van der Waals surface area contributed by atoms with Crippen LogP contribution in [0.5, 0.6) is 0 Å². The molecule has 1 saturated heterocycles. The quantitative estimate of drug-likeness (QED) is 0.692. The van der Waals surface area contributed by atoms with Crippen LogP contribution in [0.25, 0.3) is 0 Å². The highest BCUT2D eigenvalue weighted by atomic mass is 32.1. The van der Waals surface area contributed by atoms with Crippen molar-refractivity contribution in [3.8, 4) is 0 Å². The standard InChI is InChI=1S/C20H27NO4S/c1-19(2)24-14-17(25-19)16(21-13-15-8-5-4-6-9-15)12-20(22,23-3)18-10-7-11-26-18/h4-11,16-17,21-22H,12-14H2,1-3H3/t16-,17-,20?/m1/s1. The molecule has 1 aromatic heterocycles. The number of hydrogen-bond donors (Lipinski definition) is 2. The first-order valence-electron chi connectivity index (χ1n) is 8.82. The molecule has 3 atom stereocenters. The van der Waals surface area contributed by atoms with Gasteiger partial charge in [-0.1, -0.05) is 36.4 Å². The summed E-state index contributed by atoms with van der Waals surface area (Å²) in [4.78, 5) is 0.782. The van der Waals surface area contributed by atoms with Gasteiger partial charge in [0.15, 0.2) is 5.79 Å². The van der Waals surface area contributed by atoms with Gasteiger partial charge in [0.05, 0.1) is 17.6 Å². The van der Waals surface area contributed by atoms with Crippen molar-refractivity contribution in [3.05, 3.63) is 58.3 Å². The van der Waals surface area contributed by atoms with Crippen molar-refractivity contribution >= 4 is 11.3 Å². The second kappa shape index (κ2) is 8.17. The average molecular weight is 378 g/mol. The highest BCUT2D eigenvalue weighted by Crippen LogP contribution is 2.34. The van der Waals surface area contributed by atoms with Crippen molar-refractivity contribution in [2.45, 2.75) is 50.5 Å². The molecule has 6 heteroatoms. The van der Waals surface area contributed by atoms with Crippen LogP contribution in [-0.2, 0) is 26.5 Å². The number of thiophene rings is 1. The number of benzene rings is 1. The van der Waals surface area contributed by atoms with Gasteiger partial charge in [0, 0.05) is 26.1 Å². The highest BCUT2D eigenvalue weighted by molar-refractivity contribution is 7.10. The molecule has 1 unspecified atom stereocenters. The minimum Gasteiger partial charge on any atom is -0.361 e. The first-order valence-corrected chi connectivity index (χ1v) is 9.70. The lowest BCUT2D eigenvalue weighted by Gasteiger charge is -2.33. The molecule has 142 valence electrons. The average Bonchev–Trinajstić information content (AvgIpc) is 3.29. The summed E-state index contributed by atoms with van der Waals surface area (Å²) >= 11 is 1.48. The molecule has 2 heterocycles. The summed E-state index contributed by atoms with van der Waals surface area (Å²) in [6, 6.07) is 13.8. The van der Waals surface area contributed by atoms with Crippen molar-refractivity contribution in [1.82, 2.24) is 5.32 Å². The van der Waals surface area contributed by atoms with E-state index in [-0.39, 0.29) is 12.1 Å². The van der Waals surface area contributed by atoms with Crippen LogP contribution in [-0.4, -0.2) is 36.8 Å². The summed E-state index contributed by atoms with van der Waals surface area (Å²) in [6.07, 6.45) is 0.191. The molecule has 2 N–H and O–H groups in total. The van der Waals surface area contributed by atoms with Gasteiger partial charge in [-0.05, 0) is 30.9 Å². The number of ether oxygens (including phenoxy) is 3. The molecule has 1 aliphatic rings. The van der Waals surface area contributed by atoms with E-state index in [1.807, 2.05) is 49.6 Å². The SMILES string of the molecule is COC(O)(C[C@@H](NCc1ccccc1)[C@H]1COC(C)(C)O1)c1cccs1. The Bertz CT molecular complexity index is 676. The third-order valence-corrected chi connectivity index (χ3v) is 5.63. The fourth-order valence-electron chi connectivity index (χ4n) is 3.18. The van der Waals surface area contributed by atoms with Crippen LogP contribution in [0, 0.1) is 0 Å². The second-order valence-electron chi connectivity index (χ2n) is 7.01. The molecule has 3 rings (SSSR count). The van der Waals surface area contributed by atoms with Crippen LogP contribution >= 0.6 is 11.3 Å². The van der Waals surface area contributed by atoms with E-state index in [0.29, 0.717) is 19.6 Å². The minimum absolute atomic E-state index is 0.135. The largest absolute Gasteiger partial charge is 0.361 e. The molecule has 5 nitrogen and oxygen atoms in total. The zero-order chi connectivity index (χ0) is 18.6.